The second-order valence-electron chi connectivity index (χ2n) is 25.7. The van der Waals surface area contributed by atoms with Gasteiger partial charge in [0.1, 0.15) is 48.8 Å². The second-order valence-corrected chi connectivity index (χ2v) is 25.7. The molecule has 0 radical (unpaired) electrons. The van der Waals surface area contributed by atoms with Crippen LogP contribution in [-0.2, 0) is 23.7 Å². The summed E-state index contributed by atoms with van der Waals surface area (Å²) in [6, 6.07) is -0.830. The normalized spacial score (nSPS) is 23.5. The molecule has 0 bridgehead atoms. The summed E-state index contributed by atoms with van der Waals surface area (Å²) in [6.45, 7) is 2.80. The fraction of sp³-hybridized carbons (Fsp3) is 0.877. The molecule has 0 spiro atoms. The number of aliphatic hydroxyl groups is 8. The number of rotatable bonds is 60. The zero-order valence-electron chi connectivity index (χ0n) is 55.5. The van der Waals surface area contributed by atoms with Crippen molar-refractivity contribution in [3.8, 4) is 0 Å². The van der Waals surface area contributed by atoms with Gasteiger partial charge in [-0.15, -0.1) is 0 Å². The Morgan fingerprint density at radius 3 is 1.22 bits per heavy atom. The molecule has 2 fully saturated rings. The molecule has 2 saturated heterocycles. The molecule has 12 atom stereocenters. The van der Waals surface area contributed by atoms with E-state index < -0.39 is 86.8 Å². The van der Waals surface area contributed by atoms with Crippen molar-refractivity contribution in [1.29, 1.82) is 0 Å². The van der Waals surface area contributed by atoms with E-state index in [4.69, 9.17) is 18.9 Å². The number of ether oxygens (including phenoxy) is 4. The highest BCUT2D eigenvalue weighted by atomic mass is 16.7. The maximum Gasteiger partial charge on any atom is 0.220 e. The monoisotopic (exact) mass is 1230 g/mol. The largest absolute Gasteiger partial charge is 0.394 e. The van der Waals surface area contributed by atoms with Crippen molar-refractivity contribution < 1.29 is 64.6 Å². The van der Waals surface area contributed by atoms with Crippen molar-refractivity contribution in [2.45, 2.75) is 389 Å². The Morgan fingerprint density at radius 1 is 0.425 bits per heavy atom. The van der Waals surface area contributed by atoms with Crippen LogP contribution in [0.3, 0.4) is 0 Å². The summed E-state index contributed by atoms with van der Waals surface area (Å²) in [7, 11) is 0. The van der Waals surface area contributed by atoms with E-state index in [0.29, 0.717) is 12.8 Å². The fourth-order valence-electron chi connectivity index (χ4n) is 12.1. The number of carbonyl (C=O) groups excluding carboxylic acids is 1. The number of allylic oxidation sites excluding steroid dienone is 8. The molecule has 510 valence electrons. The first kappa shape index (κ1) is 81.0. The highest BCUT2D eigenvalue weighted by Crippen LogP contribution is 2.30. The van der Waals surface area contributed by atoms with Gasteiger partial charge in [-0.05, 0) is 51.4 Å². The molecule has 0 aromatic rings. The van der Waals surface area contributed by atoms with Crippen LogP contribution in [0.4, 0.5) is 0 Å². The van der Waals surface area contributed by atoms with Gasteiger partial charge < -0.3 is 65.1 Å². The Kier molecular flexibility index (Phi) is 53.9. The zero-order chi connectivity index (χ0) is 63.1. The van der Waals surface area contributed by atoms with E-state index in [9.17, 15) is 45.6 Å². The van der Waals surface area contributed by atoms with Gasteiger partial charge in [0.2, 0.25) is 5.91 Å². The van der Waals surface area contributed by atoms with Crippen LogP contribution < -0.4 is 5.32 Å². The van der Waals surface area contributed by atoms with Crippen molar-refractivity contribution in [1.82, 2.24) is 5.32 Å². The molecule has 2 heterocycles. The highest BCUT2D eigenvalue weighted by Gasteiger charge is 2.51. The number of carbonyl (C=O) groups is 1. The average Bonchev–Trinajstić information content (AvgIpc) is 1.55. The molecule has 2 aliphatic heterocycles. The maximum atomic E-state index is 13.4. The minimum absolute atomic E-state index is 0.202. The Labute approximate surface area is 531 Å². The van der Waals surface area contributed by atoms with Gasteiger partial charge in [-0.2, -0.15) is 0 Å². The summed E-state index contributed by atoms with van der Waals surface area (Å²) in [5.74, 6) is -0.202. The smallest absolute Gasteiger partial charge is 0.220 e. The van der Waals surface area contributed by atoms with Crippen LogP contribution in [0, 0.1) is 0 Å². The molecule has 9 N–H and O–H groups in total. The van der Waals surface area contributed by atoms with E-state index in [1.54, 1.807) is 0 Å². The summed E-state index contributed by atoms with van der Waals surface area (Å²) >= 11 is 0. The molecule has 2 rings (SSSR count). The summed E-state index contributed by atoms with van der Waals surface area (Å²) in [6.07, 6.45) is 58.4. The van der Waals surface area contributed by atoms with E-state index >= 15 is 0 Å². The van der Waals surface area contributed by atoms with Crippen molar-refractivity contribution in [2.24, 2.45) is 0 Å². The third kappa shape index (κ3) is 41.9. The van der Waals surface area contributed by atoms with Gasteiger partial charge in [-0.1, -0.05) is 306 Å². The minimum atomic E-state index is -1.78. The lowest BCUT2D eigenvalue weighted by atomic mass is 9.97. The van der Waals surface area contributed by atoms with E-state index in [-0.39, 0.29) is 12.5 Å². The molecule has 14 heteroatoms. The van der Waals surface area contributed by atoms with Crippen molar-refractivity contribution >= 4 is 5.91 Å². The van der Waals surface area contributed by atoms with Crippen molar-refractivity contribution in [3.05, 3.63) is 48.6 Å². The molecule has 14 nitrogen and oxygen atoms in total. The number of hydrogen-bond acceptors (Lipinski definition) is 13. The van der Waals surface area contributed by atoms with Gasteiger partial charge in [0.05, 0.1) is 32.0 Å². The topological polar surface area (TPSA) is 228 Å². The molecule has 0 aromatic heterocycles. The van der Waals surface area contributed by atoms with Crippen LogP contribution in [0.1, 0.15) is 316 Å². The van der Waals surface area contributed by atoms with Crippen LogP contribution >= 0.6 is 0 Å². The Bertz CT molecular complexity index is 1640. The lowest BCUT2D eigenvalue weighted by Crippen LogP contribution is -2.65. The van der Waals surface area contributed by atoms with Crippen LogP contribution in [0.15, 0.2) is 48.6 Å². The Morgan fingerprint density at radius 2 is 0.793 bits per heavy atom. The Hall–Kier alpha value is -2.05. The standard InChI is InChI=1S/C73H135NO13/c1-3-5-7-9-11-13-15-17-19-21-23-25-27-29-30-31-32-33-35-37-39-41-43-45-47-49-51-53-55-57-65(78)74-61(60-84-72-70(83)68(81)71(64(59-76)86-72)87-73-69(82)67(80)66(79)63(58-75)85-73)62(77)56-54-52-50-48-46-44-42-40-38-36-34-28-26-24-22-20-18-16-14-12-10-8-6-4-2/h5,7,11,13,17,19,23,25,61-64,66-73,75-77,79-83H,3-4,6,8-10,12,14-16,18,20-22,24,26-60H2,1-2H3,(H,74,78)/b7-5-,13-11-,19-17-,25-23-. The van der Waals surface area contributed by atoms with Crippen LogP contribution in [0.25, 0.3) is 0 Å². The van der Waals surface area contributed by atoms with Crippen LogP contribution in [-0.4, -0.2) is 140 Å². The number of hydrogen-bond donors (Lipinski definition) is 9. The van der Waals surface area contributed by atoms with Gasteiger partial charge in [0, 0.05) is 6.42 Å². The number of nitrogens with one attached hydrogen (secondary N) is 1. The highest BCUT2D eigenvalue weighted by molar-refractivity contribution is 5.76. The summed E-state index contributed by atoms with van der Waals surface area (Å²) in [5.41, 5.74) is 0. The zero-order valence-corrected chi connectivity index (χ0v) is 55.5. The molecule has 87 heavy (non-hydrogen) atoms. The predicted molar refractivity (Wildman–Crippen MR) is 355 cm³/mol. The van der Waals surface area contributed by atoms with Gasteiger partial charge in [-0.25, -0.2) is 0 Å². The van der Waals surface area contributed by atoms with E-state index in [1.165, 1.54) is 212 Å². The summed E-state index contributed by atoms with van der Waals surface area (Å²) < 4.78 is 22.9. The first-order valence-corrected chi connectivity index (χ1v) is 36.4. The average molecular weight is 1230 g/mol. The summed E-state index contributed by atoms with van der Waals surface area (Å²) in [4.78, 5) is 13.4. The first-order valence-electron chi connectivity index (χ1n) is 36.4. The van der Waals surface area contributed by atoms with E-state index in [2.05, 4.69) is 67.8 Å². The maximum absolute atomic E-state index is 13.4. The fourth-order valence-corrected chi connectivity index (χ4v) is 12.1. The predicted octanol–water partition coefficient (Wildman–Crippen LogP) is 15.1. The van der Waals surface area contributed by atoms with Crippen LogP contribution in [0.2, 0.25) is 0 Å². The molecule has 12 unspecified atom stereocenters. The molecule has 1 amide bonds. The van der Waals surface area contributed by atoms with Gasteiger partial charge in [-0.3, -0.25) is 4.79 Å². The van der Waals surface area contributed by atoms with Gasteiger partial charge >= 0.3 is 0 Å². The molecule has 0 saturated carbocycles. The molecular formula is C73H135NO13. The lowest BCUT2D eigenvalue weighted by Gasteiger charge is -2.46. The van der Waals surface area contributed by atoms with Crippen molar-refractivity contribution in [3.63, 3.8) is 0 Å². The van der Waals surface area contributed by atoms with Crippen LogP contribution in [0.5, 0.6) is 0 Å². The summed E-state index contributed by atoms with van der Waals surface area (Å²) in [5, 5.41) is 87.7. The molecule has 0 aromatic carbocycles. The van der Waals surface area contributed by atoms with Gasteiger partial charge in [0.25, 0.3) is 0 Å². The Balaban J connectivity index is 1.65. The number of unbranched alkanes of at least 4 members (excludes halogenated alkanes) is 39. The quantitative estimate of drug-likeness (QED) is 0.0204. The van der Waals surface area contributed by atoms with E-state index in [1.807, 2.05) is 0 Å². The van der Waals surface area contributed by atoms with Gasteiger partial charge in [0.15, 0.2) is 12.6 Å². The van der Waals surface area contributed by atoms with E-state index in [0.717, 1.165) is 77.0 Å². The third-order valence-corrected chi connectivity index (χ3v) is 17.8. The molecular weight excluding hydrogens is 1100 g/mol. The molecule has 0 aliphatic carbocycles. The lowest BCUT2D eigenvalue weighted by molar-refractivity contribution is -0.359. The number of aliphatic hydroxyl groups excluding tert-OH is 8. The second kappa shape index (κ2) is 57.8. The molecule has 2 aliphatic rings. The third-order valence-electron chi connectivity index (χ3n) is 17.8. The SMILES string of the molecule is CC/C=C\C/C=C\C/C=C\C/C=C\CCCCCCCCCCCCCCCCCCC(=O)NC(COC1OC(CO)C(OC2OC(CO)C(O)C(O)C2O)C(O)C1O)C(O)CCCCCCCCCCCCCCCCCCCCCCCCCC. The minimum Gasteiger partial charge on any atom is -0.394 e. The van der Waals surface area contributed by atoms with Crippen molar-refractivity contribution in [2.75, 3.05) is 19.8 Å². The number of amides is 1. The first-order chi connectivity index (χ1) is 42.6.